The number of hydrogen-bond donors (Lipinski definition) is 0. The van der Waals surface area contributed by atoms with E-state index in [-0.39, 0.29) is 0 Å². The Morgan fingerprint density at radius 3 is 1.79 bits per heavy atom. The van der Waals surface area contributed by atoms with Gasteiger partial charge in [0, 0.05) is 26.2 Å². The van der Waals surface area contributed by atoms with Crippen molar-refractivity contribution >= 4 is 11.9 Å². The Morgan fingerprint density at radius 2 is 1.43 bits per heavy atom. The van der Waals surface area contributed by atoms with Crippen LogP contribution in [0, 0.1) is 0 Å². The minimum Gasteiger partial charge on any atom is -0.467 e. The van der Waals surface area contributed by atoms with Crippen molar-refractivity contribution in [3.63, 3.8) is 0 Å². The first-order valence-electron chi connectivity index (χ1n) is 4.67. The van der Waals surface area contributed by atoms with E-state index < -0.39 is 0 Å². The van der Waals surface area contributed by atoms with Gasteiger partial charge in [0.25, 0.3) is 0 Å². The van der Waals surface area contributed by atoms with Crippen LogP contribution in [0.25, 0.3) is 0 Å². The molecule has 2 aliphatic rings. The lowest BCUT2D eigenvalue weighted by molar-refractivity contribution is 0.379. The van der Waals surface area contributed by atoms with Crippen LogP contribution >= 0.6 is 0 Å². The van der Waals surface area contributed by atoms with Crippen molar-refractivity contribution in [1.82, 2.24) is 15.0 Å². The summed E-state index contributed by atoms with van der Waals surface area (Å²) >= 11 is 0. The van der Waals surface area contributed by atoms with E-state index in [0.717, 1.165) is 38.1 Å². The molecule has 0 unspecified atom stereocenters. The zero-order valence-corrected chi connectivity index (χ0v) is 7.97. The summed E-state index contributed by atoms with van der Waals surface area (Å²) in [6, 6.07) is 0.406. The SMILES string of the molecule is COc1nc(N2CC2)nc(N2CC2)n1. The van der Waals surface area contributed by atoms with Crippen molar-refractivity contribution < 1.29 is 4.74 Å². The van der Waals surface area contributed by atoms with E-state index in [1.54, 1.807) is 7.11 Å². The van der Waals surface area contributed by atoms with Gasteiger partial charge in [0.05, 0.1) is 7.11 Å². The number of ether oxygens (including phenoxy) is 1. The summed E-state index contributed by atoms with van der Waals surface area (Å²) in [5.74, 6) is 1.47. The van der Waals surface area contributed by atoms with Crippen LogP contribution in [-0.2, 0) is 0 Å². The average molecular weight is 193 g/mol. The standard InChI is InChI=1S/C8H11N5O/c1-14-8-10-6(12-2-3-12)9-7(11-8)13-4-5-13/h2-5H2,1H3. The highest BCUT2D eigenvalue weighted by molar-refractivity contribution is 5.46. The monoisotopic (exact) mass is 193 g/mol. The largest absolute Gasteiger partial charge is 0.467 e. The molecule has 1 aromatic rings. The lowest BCUT2D eigenvalue weighted by atomic mass is 10.8. The number of nitrogens with zero attached hydrogens (tertiary/aromatic N) is 5. The molecule has 14 heavy (non-hydrogen) atoms. The van der Waals surface area contributed by atoms with Crippen molar-refractivity contribution in [1.29, 1.82) is 0 Å². The van der Waals surface area contributed by atoms with Crippen molar-refractivity contribution in [2.75, 3.05) is 43.1 Å². The first kappa shape index (κ1) is 7.78. The maximum Gasteiger partial charge on any atom is 0.322 e. The fourth-order valence-corrected chi connectivity index (χ4v) is 1.21. The van der Waals surface area contributed by atoms with Gasteiger partial charge in [-0.1, -0.05) is 0 Å². The van der Waals surface area contributed by atoms with Gasteiger partial charge < -0.3 is 14.5 Å². The van der Waals surface area contributed by atoms with E-state index in [2.05, 4.69) is 24.8 Å². The molecule has 2 saturated heterocycles. The number of aromatic nitrogens is 3. The van der Waals surface area contributed by atoms with Crippen molar-refractivity contribution in [3.05, 3.63) is 0 Å². The van der Waals surface area contributed by atoms with Crippen LogP contribution in [0.15, 0.2) is 0 Å². The first-order valence-corrected chi connectivity index (χ1v) is 4.67. The Hall–Kier alpha value is -1.59. The lowest BCUT2D eigenvalue weighted by Crippen LogP contribution is -2.07. The van der Waals surface area contributed by atoms with Crippen molar-refractivity contribution in [2.24, 2.45) is 0 Å². The van der Waals surface area contributed by atoms with Gasteiger partial charge in [-0.05, 0) is 0 Å². The summed E-state index contributed by atoms with van der Waals surface area (Å²) in [5, 5.41) is 0. The smallest absolute Gasteiger partial charge is 0.322 e. The van der Waals surface area contributed by atoms with Crippen LogP contribution in [0.5, 0.6) is 6.01 Å². The van der Waals surface area contributed by atoms with Crippen LogP contribution in [0.3, 0.4) is 0 Å². The van der Waals surface area contributed by atoms with Crippen LogP contribution in [0.4, 0.5) is 11.9 Å². The van der Waals surface area contributed by atoms with E-state index in [0.29, 0.717) is 6.01 Å². The summed E-state index contributed by atoms with van der Waals surface area (Å²) in [6.45, 7) is 4.14. The maximum absolute atomic E-state index is 5.04. The molecule has 0 radical (unpaired) electrons. The van der Waals surface area contributed by atoms with Gasteiger partial charge in [0.15, 0.2) is 0 Å². The van der Waals surface area contributed by atoms with Crippen LogP contribution in [0.2, 0.25) is 0 Å². The fourth-order valence-electron chi connectivity index (χ4n) is 1.21. The van der Waals surface area contributed by atoms with Gasteiger partial charge in [-0.25, -0.2) is 0 Å². The number of hydrogen-bond acceptors (Lipinski definition) is 6. The molecule has 2 fully saturated rings. The molecule has 0 N–H and O–H groups in total. The predicted octanol–water partition coefficient (Wildman–Crippen LogP) is -0.480. The second-order valence-electron chi connectivity index (χ2n) is 3.40. The van der Waals surface area contributed by atoms with Crippen molar-refractivity contribution in [2.45, 2.75) is 0 Å². The van der Waals surface area contributed by atoms with E-state index >= 15 is 0 Å². The highest BCUT2D eigenvalue weighted by Crippen LogP contribution is 2.23. The Balaban J connectivity index is 1.97. The highest BCUT2D eigenvalue weighted by atomic mass is 16.5. The molecule has 0 bridgehead atoms. The third kappa shape index (κ3) is 1.32. The normalized spacial score (nSPS) is 18.4. The van der Waals surface area contributed by atoms with Crippen LogP contribution < -0.4 is 14.5 Å². The van der Waals surface area contributed by atoms with E-state index in [4.69, 9.17) is 4.74 Å². The topological polar surface area (TPSA) is 53.9 Å². The molecule has 0 aliphatic carbocycles. The molecule has 74 valence electrons. The van der Waals surface area contributed by atoms with Gasteiger partial charge in [0.1, 0.15) is 0 Å². The Labute approximate surface area is 81.5 Å². The Bertz CT molecular complexity index is 330. The maximum atomic E-state index is 5.04. The van der Waals surface area contributed by atoms with E-state index in [1.807, 2.05) is 0 Å². The van der Waals surface area contributed by atoms with Crippen molar-refractivity contribution in [3.8, 4) is 6.01 Å². The molecular formula is C8H11N5O. The second kappa shape index (κ2) is 2.70. The molecule has 3 rings (SSSR count). The zero-order chi connectivity index (χ0) is 9.54. The summed E-state index contributed by atoms with van der Waals surface area (Å²) in [7, 11) is 1.58. The summed E-state index contributed by atoms with van der Waals surface area (Å²) in [4.78, 5) is 16.9. The van der Waals surface area contributed by atoms with E-state index in [9.17, 15) is 0 Å². The van der Waals surface area contributed by atoms with Gasteiger partial charge in [0.2, 0.25) is 11.9 Å². The summed E-state index contributed by atoms with van der Waals surface area (Å²) in [5.41, 5.74) is 0. The van der Waals surface area contributed by atoms with Gasteiger partial charge in [-0.15, -0.1) is 0 Å². The molecule has 6 heteroatoms. The molecule has 0 spiro atoms. The first-order chi connectivity index (χ1) is 6.86. The molecule has 0 amide bonds. The molecule has 3 heterocycles. The minimum atomic E-state index is 0.406. The zero-order valence-electron chi connectivity index (χ0n) is 7.97. The Morgan fingerprint density at radius 1 is 0.929 bits per heavy atom. The highest BCUT2D eigenvalue weighted by Gasteiger charge is 2.27. The van der Waals surface area contributed by atoms with Crippen LogP contribution in [-0.4, -0.2) is 48.2 Å². The third-order valence-electron chi connectivity index (χ3n) is 2.23. The minimum absolute atomic E-state index is 0.406. The molecule has 0 atom stereocenters. The fraction of sp³-hybridized carbons (Fsp3) is 0.625. The van der Waals surface area contributed by atoms with Gasteiger partial charge in [-0.3, -0.25) is 0 Å². The second-order valence-corrected chi connectivity index (χ2v) is 3.40. The summed E-state index contributed by atoms with van der Waals surface area (Å²) < 4.78 is 5.04. The summed E-state index contributed by atoms with van der Waals surface area (Å²) in [6.07, 6.45) is 0. The molecular weight excluding hydrogens is 182 g/mol. The molecule has 2 aliphatic heterocycles. The Kier molecular flexibility index (Phi) is 1.50. The number of methoxy groups -OCH3 is 1. The molecule has 6 nitrogen and oxygen atoms in total. The van der Waals surface area contributed by atoms with E-state index in [1.165, 1.54) is 0 Å². The number of anilines is 2. The van der Waals surface area contributed by atoms with Crippen LogP contribution in [0.1, 0.15) is 0 Å². The molecule has 1 aromatic heterocycles. The average Bonchev–Trinajstić information content (AvgIpc) is 3.07. The molecule has 0 aromatic carbocycles. The molecule has 0 saturated carbocycles. The van der Waals surface area contributed by atoms with Gasteiger partial charge >= 0.3 is 6.01 Å². The quantitative estimate of drug-likeness (QED) is 0.604. The number of rotatable bonds is 3. The lowest BCUT2D eigenvalue weighted by Gasteiger charge is -2.06. The van der Waals surface area contributed by atoms with Gasteiger partial charge in [-0.2, -0.15) is 15.0 Å². The third-order valence-corrected chi connectivity index (χ3v) is 2.23. The predicted molar refractivity (Wildman–Crippen MR) is 50.8 cm³/mol.